The van der Waals surface area contributed by atoms with Gasteiger partial charge in [0, 0.05) is 24.1 Å². The fourth-order valence-corrected chi connectivity index (χ4v) is 1.41. The van der Waals surface area contributed by atoms with Gasteiger partial charge in [-0.05, 0) is 20.8 Å². The summed E-state index contributed by atoms with van der Waals surface area (Å²) in [5.41, 5.74) is 1.36. The van der Waals surface area contributed by atoms with Crippen molar-refractivity contribution in [3.63, 3.8) is 0 Å². The molecule has 0 aliphatic carbocycles. The van der Waals surface area contributed by atoms with Crippen LogP contribution < -0.4 is 0 Å². The second-order valence-electron chi connectivity index (χ2n) is 4.38. The summed E-state index contributed by atoms with van der Waals surface area (Å²) in [5.74, 6) is 0. The highest BCUT2D eigenvalue weighted by molar-refractivity contribution is 5.80. The van der Waals surface area contributed by atoms with Gasteiger partial charge >= 0.3 is 0 Å². The molecule has 0 amide bonds. The summed E-state index contributed by atoms with van der Waals surface area (Å²) in [5, 5.41) is 0. The van der Waals surface area contributed by atoms with Crippen LogP contribution in [0.2, 0.25) is 0 Å². The molecule has 0 aromatic rings. The summed E-state index contributed by atoms with van der Waals surface area (Å²) in [6.45, 7) is 7.57. The van der Waals surface area contributed by atoms with Crippen LogP contribution in [0.4, 0.5) is 0 Å². The third-order valence-electron chi connectivity index (χ3n) is 2.33. The van der Waals surface area contributed by atoms with E-state index in [2.05, 4.69) is 41.8 Å². The SMILES string of the molecule is CC(C)(C)N1C=C2C=NC=CN2C1. The Morgan fingerprint density at radius 3 is 2.77 bits per heavy atom. The maximum atomic E-state index is 4.09. The van der Waals surface area contributed by atoms with Gasteiger partial charge in [-0.15, -0.1) is 0 Å². The van der Waals surface area contributed by atoms with Crippen molar-refractivity contribution >= 4 is 6.21 Å². The third kappa shape index (κ3) is 1.46. The minimum Gasteiger partial charge on any atom is -0.353 e. The van der Waals surface area contributed by atoms with Crippen LogP contribution in [0.3, 0.4) is 0 Å². The summed E-state index contributed by atoms with van der Waals surface area (Å²) in [6, 6.07) is 0. The molecule has 0 fully saturated rings. The van der Waals surface area contributed by atoms with Crippen LogP contribution in [0.25, 0.3) is 0 Å². The zero-order chi connectivity index (χ0) is 9.47. The molecular weight excluding hydrogens is 162 g/mol. The van der Waals surface area contributed by atoms with Gasteiger partial charge in [-0.3, -0.25) is 4.99 Å². The summed E-state index contributed by atoms with van der Waals surface area (Å²) in [6.07, 6.45) is 7.89. The quantitative estimate of drug-likeness (QED) is 0.561. The Morgan fingerprint density at radius 2 is 2.15 bits per heavy atom. The van der Waals surface area contributed by atoms with E-state index in [1.54, 1.807) is 0 Å². The van der Waals surface area contributed by atoms with Gasteiger partial charge in [0.05, 0.1) is 18.6 Å². The van der Waals surface area contributed by atoms with Gasteiger partial charge in [0.25, 0.3) is 0 Å². The van der Waals surface area contributed by atoms with E-state index >= 15 is 0 Å². The number of hydrogen-bond acceptors (Lipinski definition) is 3. The Labute approximate surface area is 79.0 Å². The van der Waals surface area contributed by atoms with Crippen molar-refractivity contribution in [2.45, 2.75) is 26.3 Å². The lowest BCUT2D eigenvalue weighted by molar-refractivity contribution is 0.180. The van der Waals surface area contributed by atoms with E-state index in [4.69, 9.17) is 0 Å². The van der Waals surface area contributed by atoms with Crippen LogP contribution in [-0.4, -0.2) is 28.2 Å². The van der Waals surface area contributed by atoms with Crippen LogP contribution in [0.1, 0.15) is 20.8 Å². The molecule has 0 N–H and O–H groups in total. The minimum absolute atomic E-state index is 0.187. The van der Waals surface area contributed by atoms with Gasteiger partial charge in [0.15, 0.2) is 0 Å². The smallest absolute Gasteiger partial charge is 0.0948 e. The number of fused-ring (bicyclic) bond motifs is 1. The van der Waals surface area contributed by atoms with Crippen molar-refractivity contribution in [2.75, 3.05) is 6.67 Å². The fraction of sp³-hybridized carbons (Fsp3) is 0.500. The predicted molar refractivity (Wildman–Crippen MR) is 54.0 cm³/mol. The second-order valence-corrected chi connectivity index (χ2v) is 4.38. The summed E-state index contributed by atoms with van der Waals surface area (Å²) < 4.78 is 0. The minimum atomic E-state index is 0.187. The molecule has 2 heterocycles. The lowest BCUT2D eigenvalue weighted by Gasteiger charge is -2.32. The van der Waals surface area contributed by atoms with E-state index in [9.17, 15) is 0 Å². The molecule has 3 nitrogen and oxygen atoms in total. The highest BCUT2D eigenvalue weighted by Crippen LogP contribution is 2.24. The van der Waals surface area contributed by atoms with E-state index in [0.29, 0.717) is 0 Å². The van der Waals surface area contributed by atoms with Crippen LogP contribution >= 0.6 is 0 Å². The zero-order valence-electron chi connectivity index (χ0n) is 8.36. The van der Waals surface area contributed by atoms with E-state index in [1.165, 1.54) is 5.70 Å². The Hall–Kier alpha value is -1.25. The molecule has 0 unspecified atom stereocenters. The molecule has 0 spiro atoms. The van der Waals surface area contributed by atoms with Crippen LogP contribution in [0.15, 0.2) is 29.3 Å². The number of rotatable bonds is 0. The van der Waals surface area contributed by atoms with Crippen molar-refractivity contribution in [3.8, 4) is 0 Å². The highest BCUT2D eigenvalue weighted by Gasteiger charge is 2.26. The van der Waals surface area contributed by atoms with Crippen molar-refractivity contribution < 1.29 is 0 Å². The first-order valence-electron chi connectivity index (χ1n) is 4.52. The molecule has 0 saturated heterocycles. The molecular formula is C10H15N3. The highest BCUT2D eigenvalue weighted by atomic mass is 15.4. The normalized spacial score (nSPS) is 20.7. The first-order chi connectivity index (χ1) is 6.07. The molecule has 0 bridgehead atoms. The number of aliphatic imine (C=N–C) groups is 1. The molecule has 0 radical (unpaired) electrons. The van der Waals surface area contributed by atoms with Gasteiger partial charge < -0.3 is 9.80 Å². The number of hydrogen-bond donors (Lipinski definition) is 0. The third-order valence-corrected chi connectivity index (χ3v) is 2.33. The molecule has 0 atom stereocenters. The summed E-state index contributed by atoms with van der Waals surface area (Å²) in [4.78, 5) is 8.60. The summed E-state index contributed by atoms with van der Waals surface area (Å²) in [7, 11) is 0. The van der Waals surface area contributed by atoms with Crippen molar-refractivity contribution in [1.29, 1.82) is 0 Å². The Balaban J connectivity index is 2.21. The first-order valence-corrected chi connectivity index (χ1v) is 4.52. The number of nitrogens with zero attached hydrogens (tertiary/aromatic N) is 3. The molecule has 0 aromatic carbocycles. The van der Waals surface area contributed by atoms with Gasteiger partial charge in [0.2, 0.25) is 0 Å². The maximum Gasteiger partial charge on any atom is 0.0948 e. The lowest BCUT2D eigenvalue weighted by Crippen LogP contribution is -2.38. The van der Waals surface area contributed by atoms with Crippen LogP contribution in [-0.2, 0) is 0 Å². The summed E-state index contributed by atoms with van der Waals surface area (Å²) >= 11 is 0. The topological polar surface area (TPSA) is 18.8 Å². The van der Waals surface area contributed by atoms with E-state index in [0.717, 1.165) is 6.67 Å². The Bertz CT molecular complexity index is 294. The fourth-order valence-electron chi connectivity index (χ4n) is 1.41. The van der Waals surface area contributed by atoms with Gasteiger partial charge in [-0.1, -0.05) is 0 Å². The van der Waals surface area contributed by atoms with E-state index < -0.39 is 0 Å². The van der Waals surface area contributed by atoms with Gasteiger partial charge in [0.1, 0.15) is 0 Å². The monoisotopic (exact) mass is 177 g/mol. The largest absolute Gasteiger partial charge is 0.353 e. The molecule has 0 aromatic heterocycles. The van der Waals surface area contributed by atoms with Gasteiger partial charge in [-0.2, -0.15) is 0 Å². The Morgan fingerprint density at radius 1 is 1.38 bits per heavy atom. The zero-order valence-corrected chi connectivity index (χ0v) is 8.36. The average molecular weight is 177 g/mol. The average Bonchev–Trinajstić information content (AvgIpc) is 2.45. The van der Waals surface area contributed by atoms with Crippen LogP contribution in [0.5, 0.6) is 0 Å². The number of allylic oxidation sites excluding steroid dienone is 1. The Kier molecular flexibility index (Phi) is 1.68. The standard InChI is InChI=1S/C10H15N3/c1-10(2,3)13-7-9-6-11-4-5-12(9)8-13/h4-7H,8H2,1-3H3. The molecule has 2 aliphatic heterocycles. The molecule has 2 aliphatic rings. The first kappa shape index (κ1) is 8.35. The maximum absolute atomic E-state index is 4.09. The molecule has 13 heavy (non-hydrogen) atoms. The predicted octanol–water partition coefficient (Wildman–Crippen LogP) is 1.76. The molecule has 2 rings (SSSR count). The lowest BCUT2D eigenvalue weighted by atomic mass is 10.1. The van der Waals surface area contributed by atoms with Crippen molar-refractivity contribution in [3.05, 3.63) is 24.3 Å². The van der Waals surface area contributed by atoms with Crippen molar-refractivity contribution in [2.24, 2.45) is 4.99 Å². The molecule has 70 valence electrons. The van der Waals surface area contributed by atoms with E-state index in [1.807, 2.05) is 18.6 Å². The van der Waals surface area contributed by atoms with Crippen molar-refractivity contribution in [1.82, 2.24) is 9.80 Å². The molecule has 0 saturated carbocycles. The van der Waals surface area contributed by atoms with E-state index in [-0.39, 0.29) is 5.54 Å². The van der Waals surface area contributed by atoms with Gasteiger partial charge in [-0.25, -0.2) is 0 Å². The second kappa shape index (κ2) is 2.62. The molecule has 3 heteroatoms. The van der Waals surface area contributed by atoms with Crippen LogP contribution in [0, 0.1) is 0 Å².